The van der Waals surface area contributed by atoms with Gasteiger partial charge in [-0.2, -0.15) is 0 Å². The number of nitrogens with two attached hydrogens (primary N) is 1. The predicted molar refractivity (Wildman–Crippen MR) is 70.8 cm³/mol. The van der Waals surface area contributed by atoms with Crippen molar-refractivity contribution >= 4 is 23.4 Å². The summed E-state index contributed by atoms with van der Waals surface area (Å²) in [4.78, 5) is 12.1. The van der Waals surface area contributed by atoms with Crippen LogP contribution in [0.4, 0.5) is 5.88 Å². The zero-order valence-electron chi connectivity index (χ0n) is 10.6. The normalized spacial score (nSPS) is 10.9. The molecular formula is C12H14ClN3O3. The zero-order valence-corrected chi connectivity index (χ0v) is 11.3. The standard InChI is InChI=1S/C12H14ClN3O3/c1-6(2)5-15-12(17)9-10(16-19-11(9)14)7-3-4-8(13)18-7/h3-4,6H,5,14H2,1-2H3,(H,15,17). The molecule has 2 aromatic rings. The smallest absolute Gasteiger partial charge is 0.259 e. The molecule has 0 unspecified atom stereocenters. The second-order valence-electron chi connectivity index (χ2n) is 4.48. The van der Waals surface area contributed by atoms with E-state index in [1.165, 1.54) is 0 Å². The molecule has 0 bridgehead atoms. The molecule has 1 amide bonds. The minimum absolute atomic E-state index is 0.0521. The molecule has 0 aromatic carbocycles. The number of hydrogen-bond acceptors (Lipinski definition) is 5. The van der Waals surface area contributed by atoms with Crippen LogP contribution in [0.1, 0.15) is 24.2 Å². The van der Waals surface area contributed by atoms with Gasteiger partial charge in [0.25, 0.3) is 5.91 Å². The first-order valence-corrected chi connectivity index (χ1v) is 6.16. The number of carbonyl (C=O) groups excluding carboxylic acids is 1. The summed E-state index contributed by atoms with van der Waals surface area (Å²) >= 11 is 5.69. The maximum Gasteiger partial charge on any atom is 0.259 e. The Kier molecular flexibility index (Phi) is 3.80. The molecule has 0 saturated heterocycles. The van der Waals surface area contributed by atoms with Crippen LogP contribution in [0.2, 0.25) is 5.22 Å². The second-order valence-corrected chi connectivity index (χ2v) is 4.85. The molecule has 0 aliphatic rings. The summed E-state index contributed by atoms with van der Waals surface area (Å²) in [6.07, 6.45) is 0. The summed E-state index contributed by atoms with van der Waals surface area (Å²) in [5.41, 5.74) is 6.03. The van der Waals surface area contributed by atoms with Gasteiger partial charge in [0.1, 0.15) is 5.56 Å². The molecular weight excluding hydrogens is 270 g/mol. The molecule has 102 valence electrons. The fraction of sp³-hybridized carbons (Fsp3) is 0.333. The Labute approximate surface area is 114 Å². The summed E-state index contributed by atoms with van der Waals surface area (Å²) in [7, 11) is 0. The number of carbonyl (C=O) groups is 1. The lowest BCUT2D eigenvalue weighted by atomic mass is 10.1. The van der Waals surface area contributed by atoms with Gasteiger partial charge in [-0.1, -0.05) is 19.0 Å². The highest BCUT2D eigenvalue weighted by molar-refractivity contribution is 6.29. The number of nitrogens with one attached hydrogen (secondary N) is 1. The van der Waals surface area contributed by atoms with Crippen molar-refractivity contribution < 1.29 is 13.7 Å². The Morgan fingerprint density at radius 3 is 2.84 bits per heavy atom. The van der Waals surface area contributed by atoms with Crippen molar-refractivity contribution in [1.82, 2.24) is 10.5 Å². The molecule has 6 nitrogen and oxygen atoms in total. The Hall–Kier alpha value is -1.95. The first-order valence-electron chi connectivity index (χ1n) is 5.78. The van der Waals surface area contributed by atoms with E-state index in [0.29, 0.717) is 18.2 Å². The number of nitrogens with zero attached hydrogens (tertiary/aromatic N) is 1. The lowest BCUT2D eigenvalue weighted by molar-refractivity contribution is 0.0950. The van der Waals surface area contributed by atoms with E-state index >= 15 is 0 Å². The van der Waals surface area contributed by atoms with E-state index in [0.717, 1.165) is 0 Å². The van der Waals surface area contributed by atoms with E-state index in [1.807, 2.05) is 13.8 Å². The number of halogens is 1. The van der Waals surface area contributed by atoms with Gasteiger partial charge in [-0.3, -0.25) is 4.79 Å². The highest BCUT2D eigenvalue weighted by atomic mass is 35.5. The van der Waals surface area contributed by atoms with Gasteiger partial charge in [-0.15, -0.1) is 0 Å². The SMILES string of the molecule is CC(C)CNC(=O)c1c(-c2ccc(Cl)o2)noc1N. The van der Waals surface area contributed by atoms with Crippen molar-refractivity contribution in [1.29, 1.82) is 0 Å². The van der Waals surface area contributed by atoms with Crippen molar-refractivity contribution in [2.75, 3.05) is 12.3 Å². The molecule has 0 aliphatic carbocycles. The quantitative estimate of drug-likeness (QED) is 0.899. The molecule has 0 fully saturated rings. The van der Waals surface area contributed by atoms with Gasteiger partial charge in [-0.05, 0) is 29.7 Å². The number of rotatable bonds is 4. The van der Waals surface area contributed by atoms with E-state index in [2.05, 4.69) is 10.5 Å². The first kappa shape index (κ1) is 13.5. The number of hydrogen-bond donors (Lipinski definition) is 2. The molecule has 2 heterocycles. The highest BCUT2D eigenvalue weighted by Gasteiger charge is 2.24. The van der Waals surface area contributed by atoms with Crippen molar-refractivity contribution in [2.45, 2.75) is 13.8 Å². The fourth-order valence-electron chi connectivity index (χ4n) is 1.52. The molecule has 7 heteroatoms. The van der Waals surface area contributed by atoms with Crippen molar-refractivity contribution in [3.05, 3.63) is 22.9 Å². The third-order valence-electron chi connectivity index (χ3n) is 2.42. The van der Waals surface area contributed by atoms with Gasteiger partial charge >= 0.3 is 0 Å². The summed E-state index contributed by atoms with van der Waals surface area (Å²) < 4.78 is 10.1. The van der Waals surface area contributed by atoms with Crippen LogP contribution in [-0.4, -0.2) is 17.6 Å². The predicted octanol–water partition coefficient (Wildman–Crippen LogP) is 2.56. The zero-order chi connectivity index (χ0) is 14.0. The fourth-order valence-corrected chi connectivity index (χ4v) is 1.66. The maximum atomic E-state index is 12.1. The molecule has 3 N–H and O–H groups in total. The monoisotopic (exact) mass is 283 g/mol. The van der Waals surface area contributed by atoms with Crippen LogP contribution in [0.3, 0.4) is 0 Å². The van der Waals surface area contributed by atoms with Crippen molar-refractivity contribution in [2.24, 2.45) is 5.92 Å². The lowest BCUT2D eigenvalue weighted by Crippen LogP contribution is -2.28. The topological polar surface area (TPSA) is 94.3 Å². The second kappa shape index (κ2) is 5.36. The van der Waals surface area contributed by atoms with Gasteiger partial charge in [-0.25, -0.2) is 0 Å². The molecule has 0 aliphatic heterocycles. The summed E-state index contributed by atoms with van der Waals surface area (Å²) in [6, 6.07) is 3.15. The molecule has 0 atom stereocenters. The molecule has 0 spiro atoms. The largest absolute Gasteiger partial charge is 0.443 e. The van der Waals surface area contributed by atoms with Gasteiger partial charge < -0.3 is 20.0 Å². The number of aromatic nitrogens is 1. The van der Waals surface area contributed by atoms with E-state index in [9.17, 15) is 4.79 Å². The third-order valence-corrected chi connectivity index (χ3v) is 2.63. The van der Waals surface area contributed by atoms with Gasteiger partial charge in [0.2, 0.25) is 5.88 Å². The van der Waals surface area contributed by atoms with Gasteiger partial charge in [0.05, 0.1) is 0 Å². The van der Waals surface area contributed by atoms with Crippen LogP contribution >= 0.6 is 11.6 Å². The Morgan fingerprint density at radius 2 is 2.26 bits per heavy atom. The summed E-state index contributed by atoms with van der Waals surface area (Å²) in [6.45, 7) is 4.51. The number of furan rings is 1. The average Bonchev–Trinajstić information content (AvgIpc) is 2.92. The minimum Gasteiger partial charge on any atom is -0.443 e. The molecule has 0 saturated carbocycles. The van der Waals surface area contributed by atoms with E-state index < -0.39 is 0 Å². The summed E-state index contributed by atoms with van der Waals surface area (Å²) in [5.74, 6) is 0.255. The molecule has 0 radical (unpaired) electrons. The van der Waals surface area contributed by atoms with Crippen molar-refractivity contribution in [3.63, 3.8) is 0 Å². The summed E-state index contributed by atoms with van der Waals surface area (Å²) in [5, 5.41) is 6.68. The van der Waals surface area contributed by atoms with Crippen LogP contribution in [0.5, 0.6) is 0 Å². The van der Waals surface area contributed by atoms with Crippen LogP contribution in [0.25, 0.3) is 11.5 Å². The van der Waals surface area contributed by atoms with E-state index in [4.69, 9.17) is 26.3 Å². The number of amides is 1. The van der Waals surface area contributed by atoms with Crippen LogP contribution in [-0.2, 0) is 0 Å². The minimum atomic E-state index is -0.352. The third kappa shape index (κ3) is 2.90. The maximum absolute atomic E-state index is 12.1. The number of nitrogen functional groups attached to an aromatic ring is 1. The Morgan fingerprint density at radius 1 is 1.53 bits per heavy atom. The first-order chi connectivity index (χ1) is 8.99. The van der Waals surface area contributed by atoms with Crippen molar-refractivity contribution in [3.8, 4) is 11.5 Å². The van der Waals surface area contributed by atoms with Crippen LogP contribution in [0.15, 0.2) is 21.1 Å². The van der Waals surface area contributed by atoms with Gasteiger partial charge in [0.15, 0.2) is 16.7 Å². The average molecular weight is 284 g/mol. The molecule has 2 rings (SSSR count). The number of anilines is 1. The molecule has 2 aromatic heterocycles. The van der Waals surface area contributed by atoms with Gasteiger partial charge in [0, 0.05) is 6.54 Å². The van der Waals surface area contributed by atoms with Crippen LogP contribution < -0.4 is 11.1 Å². The van der Waals surface area contributed by atoms with E-state index in [-0.39, 0.29) is 28.3 Å². The lowest BCUT2D eigenvalue weighted by Gasteiger charge is -2.06. The highest BCUT2D eigenvalue weighted by Crippen LogP contribution is 2.29. The van der Waals surface area contributed by atoms with Crippen LogP contribution in [0, 0.1) is 5.92 Å². The molecule has 19 heavy (non-hydrogen) atoms. The Balaban J connectivity index is 2.30. The Bertz CT molecular complexity index is 589. The van der Waals surface area contributed by atoms with E-state index in [1.54, 1.807) is 12.1 Å².